The molecule has 0 saturated carbocycles. The van der Waals surface area contributed by atoms with Gasteiger partial charge in [0.25, 0.3) is 0 Å². The lowest BCUT2D eigenvalue weighted by molar-refractivity contribution is -0.141. The van der Waals surface area contributed by atoms with Crippen LogP contribution in [-0.4, -0.2) is 72.6 Å². The van der Waals surface area contributed by atoms with Crippen molar-refractivity contribution >= 4 is 5.97 Å². The first-order valence-corrected chi connectivity index (χ1v) is 6.59. The van der Waals surface area contributed by atoms with Gasteiger partial charge in [-0.15, -0.1) is 0 Å². The highest BCUT2D eigenvalue weighted by atomic mass is 16.5. The standard InChI is InChI=1S/C9H20O4.C4H8O3/c1-7(11)5-12-9(3)6-13-8(2)4-10;1-4(6)7-3-2-5/h7-11H,4-6H2,1-3H3;5H,2-3H2,1H3. The summed E-state index contributed by atoms with van der Waals surface area (Å²) in [6.07, 6.45) is -0.654. The Bertz CT molecular complexity index is 221. The van der Waals surface area contributed by atoms with Crippen molar-refractivity contribution in [1.82, 2.24) is 0 Å². The Morgan fingerprint density at radius 2 is 1.60 bits per heavy atom. The van der Waals surface area contributed by atoms with Crippen LogP contribution in [0.5, 0.6) is 0 Å². The van der Waals surface area contributed by atoms with Crippen LogP contribution in [0.15, 0.2) is 0 Å². The van der Waals surface area contributed by atoms with Crippen molar-refractivity contribution in [3.05, 3.63) is 0 Å². The zero-order valence-electron chi connectivity index (χ0n) is 12.7. The lowest BCUT2D eigenvalue weighted by Crippen LogP contribution is -2.24. The maximum absolute atomic E-state index is 9.87. The van der Waals surface area contributed by atoms with Crippen molar-refractivity contribution in [1.29, 1.82) is 0 Å². The van der Waals surface area contributed by atoms with E-state index in [1.54, 1.807) is 13.8 Å². The molecule has 0 radical (unpaired) electrons. The van der Waals surface area contributed by atoms with Gasteiger partial charge in [0.1, 0.15) is 6.61 Å². The van der Waals surface area contributed by atoms with E-state index in [0.29, 0.717) is 13.2 Å². The molecule has 122 valence electrons. The fourth-order valence-corrected chi connectivity index (χ4v) is 0.893. The van der Waals surface area contributed by atoms with E-state index in [1.807, 2.05) is 6.92 Å². The molecule has 0 aromatic carbocycles. The molecule has 0 aromatic rings. The van der Waals surface area contributed by atoms with E-state index >= 15 is 0 Å². The van der Waals surface area contributed by atoms with Crippen LogP contribution in [0.25, 0.3) is 0 Å². The average molecular weight is 296 g/mol. The molecule has 3 N–H and O–H groups in total. The fourth-order valence-electron chi connectivity index (χ4n) is 0.893. The van der Waals surface area contributed by atoms with Gasteiger partial charge in [0, 0.05) is 6.92 Å². The van der Waals surface area contributed by atoms with Gasteiger partial charge in [0.15, 0.2) is 0 Å². The van der Waals surface area contributed by atoms with Gasteiger partial charge in [-0.1, -0.05) is 0 Å². The number of carbonyl (C=O) groups is 1. The first kappa shape index (κ1) is 21.6. The molecule has 0 saturated heterocycles. The molecule has 20 heavy (non-hydrogen) atoms. The Labute approximate surface area is 120 Å². The zero-order chi connectivity index (χ0) is 16.0. The Morgan fingerprint density at radius 3 is 1.95 bits per heavy atom. The largest absolute Gasteiger partial charge is 0.463 e. The molecule has 0 bridgehead atoms. The van der Waals surface area contributed by atoms with Crippen molar-refractivity contribution < 1.29 is 34.3 Å². The maximum atomic E-state index is 9.87. The normalized spacial score (nSPS) is 14.8. The first-order chi connectivity index (χ1) is 9.33. The number of hydrogen-bond acceptors (Lipinski definition) is 7. The van der Waals surface area contributed by atoms with Gasteiger partial charge in [-0.2, -0.15) is 0 Å². The summed E-state index contributed by atoms with van der Waals surface area (Å²) in [5.41, 5.74) is 0. The number of aliphatic hydroxyl groups is 3. The van der Waals surface area contributed by atoms with Crippen molar-refractivity contribution in [3.8, 4) is 0 Å². The molecule has 0 amide bonds. The van der Waals surface area contributed by atoms with E-state index in [4.69, 9.17) is 24.8 Å². The van der Waals surface area contributed by atoms with Gasteiger partial charge in [-0.3, -0.25) is 4.79 Å². The quantitative estimate of drug-likeness (QED) is 0.502. The van der Waals surface area contributed by atoms with Crippen molar-refractivity contribution in [3.63, 3.8) is 0 Å². The van der Waals surface area contributed by atoms with E-state index in [1.165, 1.54) is 6.92 Å². The third-order valence-corrected chi connectivity index (χ3v) is 1.89. The number of hydrogen-bond donors (Lipinski definition) is 3. The molecule has 7 heteroatoms. The molecule has 7 nitrogen and oxygen atoms in total. The van der Waals surface area contributed by atoms with E-state index in [9.17, 15) is 4.79 Å². The van der Waals surface area contributed by atoms with Crippen LogP contribution < -0.4 is 0 Å². The molecule has 0 aliphatic rings. The average Bonchev–Trinajstić information content (AvgIpc) is 2.40. The van der Waals surface area contributed by atoms with Crippen LogP contribution in [0.3, 0.4) is 0 Å². The third kappa shape index (κ3) is 19.6. The topological polar surface area (TPSA) is 105 Å². The van der Waals surface area contributed by atoms with E-state index < -0.39 is 6.10 Å². The maximum Gasteiger partial charge on any atom is 0.302 e. The Hall–Kier alpha value is -0.730. The first-order valence-electron chi connectivity index (χ1n) is 6.59. The van der Waals surface area contributed by atoms with Gasteiger partial charge >= 0.3 is 5.97 Å². The molecule has 0 heterocycles. The van der Waals surface area contributed by atoms with Gasteiger partial charge in [-0.05, 0) is 20.8 Å². The molecular formula is C13H28O7. The minimum atomic E-state index is -0.447. The highest BCUT2D eigenvalue weighted by molar-refractivity contribution is 5.65. The van der Waals surface area contributed by atoms with Crippen molar-refractivity contribution in [2.24, 2.45) is 0 Å². The molecule has 0 spiro atoms. The van der Waals surface area contributed by atoms with Crippen LogP contribution in [0.1, 0.15) is 27.7 Å². The van der Waals surface area contributed by atoms with Crippen LogP contribution in [0.4, 0.5) is 0 Å². The smallest absolute Gasteiger partial charge is 0.302 e. The summed E-state index contributed by atoms with van der Waals surface area (Å²) in [6.45, 7) is 7.41. The molecule has 3 atom stereocenters. The minimum Gasteiger partial charge on any atom is -0.463 e. The summed E-state index contributed by atoms with van der Waals surface area (Å²) in [6, 6.07) is 0. The summed E-state index contributed by atoms with van der Waals surface area (Å²) in [7, 11) is 0. The summed E-state index contributed by atoms with van der Waals surface area (Å²) in [4.78, 5) is 9.87. The van der Waals surface area contributed by atoms with E-state index in [0.717, 1.165) is 0 Å². The van der Waals surface area contributed by atoms with Crippen LogP contribution in [-0.2, 0) is 19.0 Å². The van der Waals surface area contributed by atoms with Gasteiger partial charge in [0.05, 0.1) is 44.7 Å². The summed E-state index contributed by atoms with van der Waals surface area (Å²) < 4.78 is 14.8. The number of esters is 1. The third-order valence-electron chi connectivity index (χ3n) is 1.89. The molecule has 0 aliphatic carbocycles. The predicted octanol–water partition coefficient (Wildman–Crippen LogP) is -0.288. The Kier molecular flexibility index (Phi) is 15.8. The predicted molar refractivity (Wildman–Crippen MR) is 73.3 cm³/mol. The van der Waals surface area contributed by atoms with E-state index in [2.05, 4.69) is 4.74 Å². The molecular weight excluding hydrogens is 268 g/mol. The summed E-state index contributed by atoms with van der Waals surface area (Å²) in [5, 5.41) is 25.6. The molecule has 0 fully saturated rings. The van der Waals surface area contributed by atoms with Crippen molar-refractivity contribution in [2.75, 3.05) is 33.0 Å². The molecule has 0 aliphatic heterocycles. The highest BCUT2D eigenvalue weighted by Gasteiger charge is 2.06. The van der Waals surface area contributed by atoms with Crippen LogP contribution in [0, 0.1) is 0 Å². The minimum absolute atomic E-state index is 0.0170. The zero-order valence-corrected chi connectivity index (χ0v) is 12.7. The second-order valence-electron chi connectivity index (χ2n) is 4.38. The summed E-state index contributed by atoms with van der Waals surface area (Å²) >= 11 is 0. The number of rotatable bonds is 9. The van der Waals surface area contributed by atoms with Gasteiger partial charge in [0.2, 0.25) is 0 Å². The van der Waals surface area contributed by atoms with Crippen molar-refractivity contribution in [2.45, 2.75) is 46.0 Å². The van der Waals surface area contributed by atoms with Gasteiger partial charge < -0.3 is 29.5 Å². The van der Waals surface area contributed by atoms with Gasteiger partial charge in [-0.25, -0.2) is 0 Å². The number of ether oxygens (including phenoxy) is 3. The SMILES string of the molecule is CC(=O)OCCO.CC(O)COC(C)COC(C)CO. The Morgan fingerprint density at radius 1 is 1.05 bits per heavy atom. The summed E-state index contributed by atoms with van der Waals surface area (Å²) in [5.74, 6) is -0.353. The van der Waals surface area contributed by atoms with Crippen LogP contribution in [0.2, 0.25) is 0 Å². The lowest BCUT2D eigenvalue weighted by atomic mass is 10.4. The Balaban J connectivity index is 0. The van der Waals surface area contributed by atoms with Crippen LogP contribution >= 0.6 is 0 Å². The second-order valence-corrected chi connectivity index (χ2v) is 4.38. The monoisotopic (exact) mass is 296 g/mol. The lowest BCUT2D eigenvalue weighted by Gasteiger charge is -2.16. The fraction of sp³-hybridized carbons (Fsp3) is 0.923. The number of aliphatic hydroxyl groups excluding tert-OH is 3. The number of carbonyl (C=O) groups excluding carboxylic acids is 1. The molecule has 0 rings (SSSR count). The highest BCUT2D eigenvalue weighted by Crippen LogP contribution is 1.97. The van der Waals surface area contributed by atoms with E-state index in [-0.39, 0.29) is 38.0 Å². The second kappa shape index (κ2) is 14.7. The molecule has 0 aromatic heterocycles. The molecule has 3 unspecified atom stereocenters.